The molecule has 2 aliphatic carbocycles. The molecular formula is C12H23Li. The van der Waals surface area contributed by atoms with Gasteiger partial charge in [-0.2, -0.15) is 0 Å². The second-order valence-electron chi connectivity index (χ2n) is 4.80. The molecule has 2 saturated carbocycles. The summed E-state index contributed by atoms with van der Waals surface area (Å²) in [5, 5.41) is 0. The van der Waals surface area contributed by atoms with Crippen LogP contribution in [0.5, 0.6) is 0 Å². The van der Waals surface area contributed by atoms with Crippen LogP contribution in [0, 0.1) is 11.8 Å². The summed E-state index contributed by atoms with van der Waals surface area (Å²) in [6, 6.07) is 0. The van der Waals surface area contributed by atoms with E-state index in [0.717, 1.165) is 11.8 Å². The molecule has 0 bridgehead atoms. The molecule has 0 nitrogen and oxygen atoms in total. The number of hydrogen-bond acceptors (Lipinski definition) is 0. The molecule has 2 rings (SSSR count). The van der Waals surface area contributed by atoms with Crippen LogP contribution in [0.25, 0.3) is 0 Å². The molecule has 0 atom stereocenters. The molecule has 0 spiro atoms. The summed E-state index contributed by atoms with van der Waals surface area (Å²) in [5.41, 5.74) is 0. The first kappa shape index (κ1) is 11.7. The van der Waals surface area contributed by atoms with E-state index in [1.165, 1.54) is 38.5 Å². The third-order valence-corrected chi connectivity index (χ3v) is 3.97. The van der Waals surface area contributed by atoms with Gasteiger partial charge < -0.3 is 0 Å². The predicted octanol–water partition coefficient (Wildman–Crippen LogP) is 3.50. The van der Waals surface area contributed by atoms with Crippen LogP contribution in [0.15, 0.2) is 0 Å². The Balaban J connectivity index is 0.000000845. The van der Waals surface area contributed by atoms with Gasteiger partial charge in [0.05, 0.1) is 0 Å². The zero-order valence-electron chi connectivity index (χ0n) is 8.23. The van der Waals surface area contributed by atoms with Crippen LogP contribution in [0.1, 0.15) is 64.2 Å². The van der Waals surface area contributed by atoms with Gasteiger partial charge in [0.15, 0.2) is 0 Å². The molecule has 0 aromatic carbocycles. The van der Waals surface area contributed by atoms with E-state index in [-0.39, 0.29) is 18.9 Å². The molecule has 0 radical (unpaired) electrons. The van der Waals surface area contributed by atoms with Crippen molar-refractivity contribution in [2.75, 3.05) is 0 Å². The van der Waals surface area contributed by atoms with Crippen molar-refractivity contribution in [1.82, 2.24) is 0 Å². The van der Waals surface area contributed by atoms with Gasteiger partial charge in [-0.1, -0.05) is 64.2 Å². The van der Waals surface area contributed by atoms with E-state index in [1.54, 1.807) is 25.7 Å². The van der Waals surface area contributed by atoms with Gasteiger partial charge in [0.2, 0.25) is 0 Å². The molecule has 0 aromatic heterocycles. The Kier molecular flexibility index (Phi) is 5.52. The SMILES string of the molecule is C1CCC(C2CCCCC2)CC1.[LiH]. The van der Waals surface area contributed by atoms with Gasteiger partial charge in [-0.05, 0) is 11.8 Å². The summed E-state index contributed by atoms with van der Waals surface area (Å²) in [7, 11) is 0. The first-order valence-electron chi connectivity index (χ1n) is 5.97. The number of rotatable bonds is 1. The third-order valence-electron chi connectivity index (χ3n) is 3.97. The molecule has 2 fully saturated rings. The standard InChI is InChI=1S/C12H22.Li.H/c1-3-7-11(8-4-1)12-9-5-2-6-10-12;;/h11-12H,1-10H2;;. The van der Waals surface area contributed by atoms with Crippen molar-refractivity contribution in [2.45, 2.75) is 64.2 Å². The second kappa shape index (κ2) is 6.15. The summed E-state index contributed by atoms with van der Waals surface area (Å²) >= 11 is 0. The fourth-order valence-corrected chi connectivity index (χ4v) is 3.21. The fraction of sp³-hybridized carbons (Fsp3) is 1.00. The van der Waals surface area contributed by atoms with Crippen molar-refractivity contribution >= 4 is 18.9 Å². The third kappa shape index (κ3) is 3.33. The predicted molar refractivity (Wildman–Crippen MR) is 60.3 cm³/mol. The minimum absolute atomic E-state index is 0. The summed E-state index contributed by atoms with van der Waals surface area (Å²) in [6.45, 7) is 0. The molecule has 0 saturated heterocycles. The van der Waals surface area contributed by atoms with E-state index in [1.807, 2.05) is 0 Å². The summed E-state index contributed by atoms with van der Waals surface area (Å²) in [6.07, 6.45) is 15.4. The van der Waals surface area contributed by atoms with Crippen molar-refractivity contribution < 1.29 is 0 Å². The van der Waals surface area contributed by atoms with Crippen LogP contribution in [-0.2, 0) is 0 Å². The second-order valence-corrected chi connectivity index (χ2v) is 4.80. The van der Waals surface area contributed by atoms with Crippen molar-refractivity contribution in [2.24, 2.45) is 11.8 Å². The van der Waals surface area contributed by atoms with Crippen molar-refractivity contribution in [3.63, 3.8) is 0 Å². The van der Waals surface area contributed by atoms with Crippen LogP contribution in [0.2, 0.25) is 0 Å². The van der Waals surface area contributed by atoms with E-state index in [2.05, 4.69) is 0 Å². The van der Waals surface area contributed by atoms with E-state index < -0.39 is 0 Å². The molecule has 0 N–H and O–H groups in total. The first-order chi connectivity index (χ1) is 5.97. The maximum atomic E-state index is 1.56. The molecule has 0 amide bonds. The molecule has 0 unspecified atom stereocenters. The average Bonchev–Trinajstić information content (AvgIpc) is 2.21. The molecule has 0 heterocycles. The van der Waals surface area contributed by atoms with Gasteiger partial charge in [0, 0.05) is 0 Å². The van der Waals surface area contributed by atoms with Gasteiger partial charge in [-0.3, -0.25) is 0 Å². The van der Waals surface area contributed by atoms with Crippen LogP contribution in [0.4, 0.5) is 0 Å². The van der Waals surface area contributed by atoms with Gasteiger partial charge in [-0.25, -0.2) is 0 Å². The minimum atomic E-state index is 0. The molecule has 13 heavy (non-hydrogen) atoms. The normalized spacial score (nSPS) is 26.8. The van der Waals surface area contributed by atoms with Crippen LogP contribution in [-0.4, -0.2) is 18.9 Å². The average molecular weight is 174 g/mol. The van der Waals surface area contributed by atoms with E-state index >= 15 is 0 Å². The molecule has 2 aliphatic rings. The Morgan fingerprint density at radius 1 is 0.462 bits per heavy atom. The first-order valence-corrected chi connectivity index (χ1v) is 5.97. The Morgan fingerprint density at radius 3 is 1.08 bits per heavy atom. The van der Waals surface area contributed by atoms with Crippen molar-refractivity contribution in [3.05, 3.63) is 0 Å². The summed E-state index contributed by atoms with van der Waals surface area (Å²) in [5.74, 6) is 2.28. The van der Waals surface area contributed by atoms with Gasteiger partial charge >= 0.3 is 18.9 Å². The quantitative estimate of drug-likeness (QED) is 0.534. The molecule has 0 aromatic rings. The zero-order valence-corrected chi connectivity index (χ0v) is 8.23. The maximum absolute atomic E-state index is 1.56. The van der Waals surface area contributed by atoms with Gasteiger partial charge in [0.25, 0.3) is 0 Å². The summed E-state index contributed by atoms with van der Waals surface area (Å²) < 4.78 is 0. The Morgan fingerprint density at radius 2 is 0.769 bits per heavy atom. The van der Waals surface area contributed by atoms with Crippen molar-refractivity contribution in [3.8, 4) is 0 Å². The van der Waals surface area contributed by atoms with Crippen molar-refractivity contribution in [1.29, 1.82) is 0 Å². The Labute approximate surface area is 95.0 Å². The topological polar surface area (TPSA) is 0 Å². The van der Waals surface area contributed by atoms with Crippen LogP contribution < -0.4 is 0 Å². The van der Waals surface area contributed by atoms with E-state index in [0.29, 0.717) is 0 Å². The zero-order chi connectivity index (χ0) is 8.23. The fourth-order valence-electron chi connectivity index (χ4n) is 3.21. The molecule has 0 aliphatic heterocycles. The Bertz CT molecular complexity index is 105. The number of hydrogen-bond donors (Lipinski definition) is 0. The molecule has 72 valence electrons. The molecule has 1 heteroatoms. The van der Waals surface area contributed by atoms with Crippen LogP contribution in [0.3, 0.4) is 0 Å². The monoisotopic (exact) mass is 174 g/mol. The molecular weight excluding hydrogens is 151 g/mol. The Hall–Kier alpha value is 0.597. The van der Waals surface area contributed by atoms with Crippen LogP contribution >= 0.6 is 0 Å². The summed E-state index contributed by atoms with van der Waals surface area (Å²) in [4.78, 5) is 0. The van der Waals surface area contributed by atoms with Gasteiger partial charge in [0.1, 0.15) is 0 Å². The van der Waals surface area contributed by atoms with E-state index in [4.69, 9.17) is 0 Å². The van der Waals surface area contributed by atoms with E-state index in [9.17, 15) is 0 Å². The van der Waals surface area contributed by atoms with Gasteiger partial charge in [-0.15, -0.1) is 0 Å².